The molecular formula is C25H18N2O3S. The van der Waals surface area contributed by atoms with Gasteiger partial charge in [-0.15, -0.1) is 11.3 Å². The van der Waals surface area contributed by atoms with E-state index in [0.29, 0.717) is 5.75 Å². The maximum absolute atomic E-state index is 9.90. The first-order valence-electron chi connectivity index (χ1n) is 9.65. The molecule has 0 radical (unpaired) electrons. The summed E-state index contributed by atoms with van der Waals surface area (Å²) in [5, 5.41) is 20.5. The van der Waals surface area contributed by atoms with E-state index in [0.717, 1.165) is 37.5 Å². The van der Waals surface area contributed by atoms with E-state index in [4.69, 9.17) is 4.74 Å². The number of phenols is 2. The number of aromatic nitrogens is 2. The van der Waals surface area contributed by atoms with E-state index in [9.17, 15) is 10.2 Å². The van der Waals surface area contributed by atoms with Gasteiger partial charge in [0, 0.05) is 10.1 Å². The van der Waals surface area contributed by atoms with Crippen molar-refractivity contribution in [3.63, 3.8) is 0 Å². The lowest BCUT2D eigenvalue weighted by atomic mass is 10.1. The van der Waals surface area contributed by atoms with Crippen molar-refractivity contribution in [1.82, 2.24) is 9.97 Å². The average Bonchev–Trinajstić information content (AvgIpc) is 3.42. The SMILES string of the molecule is Oc1ccc(-c2sc3cc(O)ccc3c2Oc2ccc(C=Cc3cnc[nH]3)cc2)cc1. The molecule has 2 aromatic heterocycles. The summed E-state index contributed by atoms with van der Waals surface area (Å²) in [6, 6.07) is 20.1. The summed E-state index contributed by atoms with van der Waals surface area (Å²) in [6.45, 7) is 0. The Morgan fingerprint density at radius 1 is 0.871 bits per heavy atom. The predicted octanol–water partition coefficient (Wildman–Crippen LogP) is 6.67. The Kier molecular flexibility index (Phi) is 4.90. The van der Waals surface area contributed by atoms with E-state index in [-0.39, 0.29) is 11.5 Å². The average molecular weight is 426 g/mol. The number of nitrogens with one attached hydrogen (secondary N) is 1. The number of imidazole rings is 1. The molecule has 5 aromatic rings. The second-order valence-electron chi connectivity index (χ2n) is 7.00. The minimum absolute atomic E-state index is 0.212. The van der Waals surface area contributed by atoms with Gasteiger partial charge in [-0.3, -0.25) is 0 Å². The molecule has 2 heterocycles. The summed E-state index contributed by atoms with van der Waals surface area (Å²) in [4.78, 5) is 7.98. The molecule has 0 aliphatic rings. The molecule has 0 unspecified atom stereocenters. The number of hydrogen-bond donors (Lipinski definition) is 3. The normalized spacial score (nSPS) is 11.4. The number of H-pyrrole nitrogens is 1. The molecule has 152 valence electrons. The zero-order valence-electron chi connectivity index (χ0n) is 16.3. The molecule has 0 amide bonds. The number of benzene rings is 3. The molecule has 0 saturated heterocycles. The smallest absolute Gasteiger partial charge is 0.153 e. The molecule has 0 bridgehead atoms. The number of aromatic amines is 1. The van der Waals surface area contributed by atoms with Crippen LogP contribution in [0.2, 0.25) is 0 Å². The van der Waals surface area contributed by atoms with Gasteiger partial charge in [0.1, 0.15) is 17.2 Å². The lowest BCUT2D eigenvalue weighted by Crippen LogP contribution is -1.86. The minimum Gasteiger partial charge on any atom is -0.508 e. The molecule has 0 spiro atoms. The summed E-state index contributed by atoms with van der Waals surface area (Å²) in [5.41, 5.74) is 2.92. The Bertz CT molecular complexity index is 1350. The van der Waals surface area contributed by atoms with Gasteiger partial charge in [-0.2, -0.15) is 0 Å². The largest absolute Gasteiger partial charge is 0.508 e. The van der Waals surface area contributed by atoms with E-state index in [1.54, 1.807) is 36.8 Å². The van der Waals surface area contributed by atoms with Gasteiger partial charge in [-0.25, -0.2) is 4.98 Å². The molecule has 5 nitrogen and oxygen atoms in total. The number of nitrogens with zero attached hydrogens (tertiary/aromatic N) is 1. The number of ether oxygens (including phenoxy) is 1. The molecule has 31 heavy (non-hydrogen) atoms. The number of fused-ring (bicyclic) bond motifs is 1. The highest BCUT2D eigenvalue weighted by molar-refractivity contribution is 7.22. The predicted molar refractivity (Wildman–Crippen MR) is 125 cm³/mol. The standard InChI is InChI=1S/C25H18N2O3S/c28-19-7-4-17(5-8-19)25-24(22-12-9-20(29)13-23(22)31-25)30-21-10-2-16(3-11-21)1-6-18-14-26-15-27-18/h1-15,28-29H,(H,26,27). The van der Waals surface area contributed by atoms with Gasteiger partial charge in [-0.05, 0) is 71.8 Å². The quantitative estimate of drug-likeness (QED) is 0.293. The van der Waals surface area contributed by atoms with Crippen LogP contribution in [0.3, 0.4) is 0 Å². The van der Waals surface area contributed by atoms with E-state index in [2.05, 4.69) is 9.97 Å². The molecule has 3 N–H and O–H groups in total. The van der Waals surface area contributed by atoms with Crippen molar-refractivity contribution in [1.29, 1.82) is 0 Å². The van der Waals surface area contributed by atoms with Crippen LogP contribution < -0.4 is 4.74 Å². The van der Waals surface area contributed by atoms with Crippen molar-refractivity contribution in [3.8, 4) is 33.4 Å². The summed E-state index contributed by atoms with van der Waals surface area (Å²) < 4.78 is 7.25. The van der Waals surface area contributed by atoms with Crippen LogP contribution >= 0.6 is 11.3 Å². The van der Waals surface area contributed by atoms with Crippen molar-refractivity contribution in [3.05, 3.63) is 90.5 Å². The fourth-order valence-electron chi connectivity index (χ4n) is 3.27. The number of aromatic hydroxyl groups is 2. The van der Waals surface area contributed by atoms with Gasteiger partial charge in [0.15, 0.2) is 5.75 Å². The van der Waals surface area contributed by atoms with Gasteiger partial charge in [0.25, 0.3) is 0 Å². The third-order valence-corrected chi connectivity index (χ3v) is 6.02. The summed E-state index contributed by atoms with van der Waals surface area (Å²) in [7, 11) is 0. The fourth-order valence-corrected chi connectivity index (χ4v) is 4.44. The van der Waals surface area contributed by atoms with Crippen LogP contribution in [0.5, 0.6) is 23.0 Å². The maximum Gasteiger partial charge on any atom is 0.153 e. The molecule has 3 aromatic carbocycles. The Hall–Kier alpha value is -4.03. The molecule has 0 aliphatic heterocycles. The van der Waals surface area contributed by atoms with Gasteiger partial charge in [-0.1, -0.05) is 18.2 Å². The second-order valence-corrected chi connectivity index (χ2v) is 8.05. The van der Waals surface area contributed by atoms with E-state index in [1.165, 1.54) is 11.3 Å². The first-order valence-corrected chi connectivity index (χ1v) is 10.5. The summed E-state index contributed by atoms with van der Waals surface area (Å²) >= 11 is 1.54. The minimum atomic E-state index is 0.212. The zero-order chi connectivity index (χ0) is 21.2. The van der Waals surface area contributed by atoms with Crippen LogP contribution in [0, 0.1) is 0 Å². The van der Waals surface area contributed by atoms with Gasteiger partial charge < -0.3 is 19.9 Å². The van der Waals surface area contributed by atoms with Crippen LogP contribution in [0.15, 0.2) is 79.3 Å². The zero-order valence-corrected chi connectivity index (χ0v) is 17.1. The molecule has 0 fully saturated rings. The van der Waals surface area contributed by atoms with E-state index >= 15 is 0 Å². The molecule has 5 rings (SSSR count). The molecular weight excluding hydrogens is 408 g/mol. The number of rotatable bonds is 5. The van der Waals surface area contributed by atoms with Crippen molar-refractivity contribution in [2.45, 2.75) is 0 Å². The van der Waals surface area contributed by atoms with Crippen LogP contribution in [-0.4, -0.2) is 20.2 Å². The Morgan fingerprint density at radius 2 is 1.65 bits per heavy atom. The van der Waals surface area contributed by atoms with Crippen molar-refractivity contribution in [2.75, 3.05) is 0 Å². The molecule has 6 heteroatoms. The number of thiophene rings is 1. The molecule has 0 atom stereocenters. The van der Waals surface area contributed by atoms with Crippen molar-refractivity contribution >= 4 is 33.6 Å². The van der Waals surface area contributed by atoms with Crippen LogP contribution in [0.25, 0.3) is 32.7 Å². The van der Waals surface area contributed by atoms with Gasteiger partial charge in [0.2, 0.25) is 0 Å². The van der Waals surface area contributed by atoms with E-state index < -0.39 is 0 Å². The topological polar surface area (TPSA) is 78.4 Å². The Labute approximate surface area is 182 Å². The lowest BCUT2D eigenvalue weighted by Gasteiger charge is -2.09. The number of hydrogen-bond acceptors (Lipinski definition) is 5. The monoisotopic (exact) mass is 426 g/mol. The second kappa shape index (κ2) is 8.01. The number of phenolic OH excluding ortho intramolecular Hbond substituents is 2. The first kappa shape index (κ1) is 19.0. The van der Waals surface area contributed by atoms with Gasteiger partial charge >= 0.3 is 0 Å². The first-order chi connectivity index (χ1) is 15.2. The summed E-state index contributed by atoms with van der Waals surface area (Å²) in [6.07, 6.45) is 7.37. The Morgan fingerprint density at radius 3 is 2.39 bits per heavy atom. The fraction of sp³-hybridized carbons (Fsp3) is 0. The van der Waals surface area contributed by atoms with Crippen LogP contribution in [0.4, 0.5) is 0 Å². The molecule has 0 aliphatic carbocycles. The third kappa shape index (κ3) is 4.01. The third-order valence-electron chi connectivity index (χ3n) is 4.83. The highest BCUT2D eigenvalue weighted by Gasteiger charge is 2.17. The summed E-state index contributed by atoms with van der Waals surface area (Å²) in [5.74, 6) is 1.87. The highest BCUT2D eigenvalue weighted by Crippen LogP contribution is 2.47. The molecule has 0 saturated carbocycles. The van der Waals surface area contributed by atoms with Crippen molar-refractivity contribution in [2.24, 2.45) is 0 Å². The van der Waals surface area contributed by atoms with Crippen LogP contribution in [-0.2, 0) is 0 Å². The van der Waals surface area contributed by atoms with E-state index in [1.807, 2.05) is 54.6 Å². The van der Waals surface area contributed by atoms with Gasteiger partial charge in [0.05, 0.1) is 23.1 Å². The lowest BCUT2D eigenvalue weighted by molar-refractivity contribution is 0.475. The maximum atomic E-state index is 9.90. The Balaban J connectivity index is 1.49. The highest BCUT2D eigenvalue weighted by atomic mass is 32.1. The van der Waals surface area contributed by atoms with Crippen molar-refractivity contribution < 1.29 is 14.9 Å². The van der Waals surface area contributed by atoms with Crippen LogP contribution in [0.1, 0.15) is 11.3 Å².